The molecule has 0 aliphatic carbocycles. The average Bonchev–Trinajstić information content (AvgIpc) is 2.73. The third kappa shape index (κ3) is 4.09. The molecule has 30 heavy (non-hydrogen) atoms. The first-order valence-corrected chi connectivity index (χ1v) is 11.4. The van der Waals surface area contributed by atoms with E-state index < -0.39 is 10.0 Å². The predicted molar refractivity (Wildman–Crippen MR) is 118 cm³/mol. The molecule has 3 aromatic carbocycles. The molecule has 6 heteroatoms. The molecule has 0 bridgehead atoms. The Hall–Kier alpha value is -3.12. The molecule has 3 aromatic rings. The Bertz CT molecular complexity index is 1220. The van der Waals surface area contributed by atoms with Gasteiger partial charge in [-0.2, -0.15) is 0 Å². The van der Waals surface area contributed by atoms with E-state index in [4.69, 9.17) is 0 Å². The lowest BCUT2D eigenvalue weighted by Crippen LogP contribution is -2.36. The summed E-state index contributed by atoms with van der Waals surface area (Å²) in [6.45, 7) is 4.79. The number of hydrogen-bond acceptors (Lipinski definition) is 3. The molecule has 4 rings (SSSR count). The molecule has 5 nitrogen and oxygen atoms in total. The van der Waals surface area contributed by atoms with Gasteiger partial charge in [0.15, 0.2) is 0 Å². The molecular formula is C24H24N2O3S. The van der Waals surface area contributed by atoms with E-state index in [9.17, 15) is 13.2 Å². The number of amides is 1. The lowest BCUT2D eigenvalue weighted by Gasteiger charge is -2.29. The van der Waals surface area contributed by atoms with Gasteiger partial charge in [-0.05, 0) is 66.8 Å². The van der Waals surface area contributed by atoms with Gasteiger partial charge >= 0.3 is 0 Å². The van der Waals surface area contributed by atoms with Gasteiger partial charge in [-0.3, -0.25) is 9.52 Å². The van der Waals surface area contributed by atoms with Crippen LogP contribution < -0.4 is 4.72 Å². The SMILES string of the molecule is Cc1cccc(NS(=O)(=O)c2cc(C(=O)N3CCc4ccccc4C3)ccc2C)c1. The summed E-state index contributed by atoms with van der Waals surface area (Å²) in [7, 11) is -3.82. The molecule has 0 spiro atoms. The number of fused-ring (bicyclic) bond motifs is 1. The second-order valence-electron chi connectivity index (χ2n) is 7.70. The van der Waals surface area contributed by atoms with Crippen LogP contribution in [0.1, 0.15) is 32.6 Å². The van der Waals surface area contributed by atoms with Gasteiger partial charge in [-0.1, -0.05) is 42.5 Å². The minimum atomic E-state index is -3.82. The zero-order valence-electron chi connectivity index (χ0n) is 17.1. The van der Waals surface area contributed by atoms with Crippen molar-refractivity contribution in [3.05, 3.63) is 94.5 Å². The number of carbonyl (C=O) groups is 1. The monoisotopic (exact) mass is 420 g/mol. The number of carbonyl (C=O) groups excluding carboxylic acids is 1. The van der Waals surface area contributed by atoms with E-state index in [2.05, 4.69) is 10.8 Å². The predicted octanol–water partition coefficient (Wildman–Crippen LogP) is 4.30. The van der Waals surface area contributed by atoms with E-state index in [0.717, 1.165) is 17.5 Å². The van der Waals surface area contributed by atoms with E-state index in [1.807, 2.05) is 31.2 Å². The van der Waals surface area contributed by atoms with Crippen LogP contribution >= 0.6 is 0 Å². The lowest BCUT2D eigenvalue weighted by atomic mass is 9.99. The third-order valence-electron chi connectivity index (χ3n) is 5.41. The summed E-state index contributed by atoms with van der Waals surface area (Å²) >= 11 is 0. The zero-order chi connectivity index (χ0) is 21.3. The van der Waals surface area contributed by atoms with Crippen molar-refractivity contribution in [1.82, 2.24) is 4.90 Å². The van der Waals surface area contributed by atoms with Crippen LogP contribution in [0.25, 0.3) is 0 Å². The number of nitrogens with one attached hydrogen (secondary N) is 1. The third-order valence-corrected chi connectivity index (χ3v) is 6.94. The van der Waals surface area contributed by atoms with Gasteiger partial charge in [-0.15, -0.1) is 0 Å². The Morgan fingerprint density at radius 1 is 0.933 bits per heavy atom. The van der Waals surface area contributed by atoms with Crippen LogP contribution in [0.3, 0.4) is 0 Å². The van der Waals surface area contributed by atoms with Crippen LogP contribution in [0.4, 0.5) is 5.69 Å². The summed E-state index contributed by atoms with van der Waals surface area (Å²) in [5.74, 6) is -0.156. The largest absolute Gasteiger partial charge is 0.334 e. The molecule has 0 unspecified atom stereocenters. The van der Waals surface area contributed by atoms with Crippen LogP contribution in [0, 0.1) is 13.8 Å². The smallest absolute Gasteiger partial charge is 0.262 e. The highest BCUT2D eigenvalue weighted by Gasteiger charge is 2.24. The number of aryl methyl sites for hydroxylation is 2. The highest BCUT2D eigenvalue weighted by atomic mass is 32.2. The Morgan fingerprint density at radius 3 is 2.47 bits per heavy atom. The quantitative estimate of drug-likeness (QED) is 0.684. The van der Waals surface area contributed by atoms with Gasteiger partial charge in [-0.25, -0.2) is 8.42 Å². The minimum absolute atomic E-state index is 0.118. The van der Waals surface area contributed by atoms with Crippen molar-refractivity contribution in [2.24, 2.45) is 0 Å². The Labute approximate surface area is 177 Å². The first kappa shape index (κ1) is 20.2. The van der Waals surface area contributed by atoms with E-state index in [1.165, 1.54) is 11.6 Å². The van der Waals surface area contributed by atoms with Crippen LogP contribution in [-0.2, 0) is 23.0 Å². The number of sulfonamides is 1. The fourth-order valence-corrected chi connectivity index (χ4v) is 5.11. The minimum Gasteiger partial charge on any atom is -0.334 e. The van der Waals surface area contributed by atoms with Crippen LogP contribution in [-0.4, -0.2) is 25.8 Å². The Kier molecular flexibility index (Phi) is 5.35. The van der Waals surface area contributed by atoms with Crippen LogP contribution in [0.15, 0.2) is 71.6 Å². The second kappa shape index (κ2) is 7.95. The fraction of sp³-hybridized carbons (Fsp3) is 0.208. The summed E-state index contributed by atoms with van der Waals surface area (Å²) in [6.07, 6.45) is 0.799. The van der Waals surface area contributed by atoms with Gasteiger partial charge in [0.25, 0.3) is 15.9 Å². The molecule has 1 aliphatic heterocycles. The van der Waals surface area contributed by atoms with Crippen molar-refractivity contribution in [2.75, 3.05) is 11.3 Å². The molecule has 0 radical (unpaired) electrons. The van der Waals surface area contributed by atoms with Gasteiger partial charge < -0.3 is 4.90 Å². The topological polar surface area (TPSA) is 66.5 Å². The van der Waals surface area contributed by atoms with Crippen LogP contribution in [0.5, 0.6) is 0 Å². The Morgan fingerprint density at radius 2 is 1.70 bits per heavy atom. The standard InChI is InChI=1S/C24H24N2O3S/c1-17-6-5-9-22(14-17)25-30(28,29)23-15-20(11-10-18(23)2)24(27)26-13-12-19-7-3-4-8-21(19)16-26/h3-11,14-15,25H,12-13,16H2,1-2H3. The number of rotatable bonds is 4. The first-order chi connectivity index (χ1) is 14.3. The summed E-state index contributed by atoms with van der Waals surface area (Å²) in [6, 6.07) is 20.2. The van der Waals surface area contributed by atoms with Crippen molar-refractivity contribution in [3.63, 3.8) is 0 Å². The fourth-order valence-electron chi connectivity index (χ4n) is 3.79. The van der Waals surface area contributed by atoms with Gasteiger partial charge in [0.2, 0.25) is 0 Å². The second-order valence-corrected chi connectivity index (χ2v) is 9.35. The molecule has 1 aliphatic rings. The number of benzene rings is 3. The maximum absolute atomic E-state index is 13.1. The molecule has 0 fully saturated rings. The summed E-state index contributed by atoms with van der Waals surface area (Å²) in [4.78, 5) is 15.0. The van der Waals surface area contributed by atoms with Crippen molar-refractivity contribution in [2.45, 2.75) is 31.7 Å². The summed E-state index contributed by atoms with van der Waals surface area (Å²) in [5, 5.41) is 0. The van der Waals surface area contributed by atoms with E-state index in [0.29, 0.717) is 29.9 Å². The molecule has 0 saturated carbocycles. The van der Waals surface area contributed by atoms with Crippen molar-refractivity contribution in [3.8, 4) is 0 Å². The number of hydrogen-bond donors (Lipinski definition) is 1. The molecule has 0 aromatic heterocycles. The number of nitrogens with zero attached hydrogens (tertiary/aromatic N) is 1. The summed E-state index contributed by atoms with van der Waals surface area (Å²) < 4.78 is 28.6. The van der Waals surface area contributed by atoms with Crippen LogP contribution in [0.2, 0.25) is 0 Å². The van der Waals surface area contributed by atoms with E-state index in [-0.39, 0.29) is 10.8 Å². The maximum atomic E-state index is 13.1. The number of anilines is 1. The van der Waals surface area contributed by atoms with Gasteiger partial charge in [0, 0.05) is 24.3 Å². The molecular weight excluding hydrogens is 396 g/mol. The van der Waals surface area contributed by atoms with E-state index in [1.54, 1.807) is 42.2 Å². The zero-order valence-corrected chi connectivity index (χ0v) is 17.9. The highest BCUT2D eigenvalue weighted by Crippen LogP contribution is 2.24. The van der Waals surface area contributed by atoms with Gasteiger partial charge in [0.05, 0.1) is 4.90 Å². The molecule has 1 amide bonds. The van der Waals surface area contributed by atoms with Crippen molar-refractivity contribution >= 4 is 21.6 Å². The normalized spacial score (nSPS) is 13.6. The molecule has 1 N–H and O–H groups in total. The van der Waals surface area contributed by atoms with Crippen molar-refractivity contribution < 1.29 is 13.2 Å². The lowest BCUT2D eigenvalue weighted by molar-refractivity contribution is 0.0734. The molecule has 1 heterocycles. The average molecular weight is 421 g/mol. The molecule has 0 atom stereocenters. The molecule has 154 valence electrons. The van der Waals surface area contributed by atoms with Crippen molar-refractivity contribution in [1.29, 1.82) is 0 Å². The summed E-state index contributed by atoms with van der Waals surface area (Å²) in [5.41, 5.74) is 4.83. The van der Waals surface area contributed by atoms with E-state index >= 15 is 0 Å². The Balaban J connectivity index is 1.61. The highest BCUT2D eigenvalue weighted by molar-refractivity contribution is 7.92. The molecule has 0 saturated heterocycles. The first-order valence-electron chi connectivity index (χ1n) is 9.90. The maximum Gasteiger partial charge on any atom is 0.262 e. The van der Waals surface area contributed by atoms with Gasteiger partial charge in [0.1, 0.15) is 0 Å².